The molecule has 1 aliphatic heterocycles. The number of nitrogen functional groups attached to an aromatic ring is 1. The van der Waals surface area contributed by atoms with Crippen molar-refractivity contribution in [1.82, 2.24) is 45.1 Å². The first kappa shape index (κ1) is 50.5. The van der Waals surface area contributed by atoms with Crippen molar-refractivity contribution in [2.45, 2.75) is 136 Å². The highest BCUT2D eigenvalue weighted by Crippen LogP contribution is 2.40. The predicted octanol–water partition coefficient (Wildman–Crippen LogP) is 1.69. The summed E-state index contributed by atoms with van der Waals surface area (Å²) < 4.78 is 51.1. The van der Waals surface area contributed by atoms with Crippen LogP contribution in [0.1, 0.15) is 98.7 Å². The van der Waals surface area contributed by atoms with Crippen molar-refractivity contribution in [2.75, 3.05) is 18.8 Å². The standard InChI is InChI=1S/C36H54N12O14S2/c1-19-20(16-39-29(42-31(54)60-34(5,6)7)46(32(55)61-35(8,9)10)15-11-14-38-30(53)59-33(2,3)4)44-47(43-19)17-22-24(26(50)48(22)64(56,57)58)41-25(49)23(21-18-63-28(37)40-21)45-62-36(12-13-36)27(51)52/h18,22,24H,11-17H2,1-10H3,(H2,37,40)(H,38,53)(H,41,49)(H,51,52)(H,39,42,54)(H,56,57,58)/b45-23-/t22-,24+/m1/s1. The molecule has 2 atom stereocenters. The molecule has 354 valence electrons. The molecule has 4 rings (SSSR count). The fraction of sp³-hybridized carbons (Fsp3) is 0.639. The van der Waals surface area contributed by atoms with Gasteiger partial charge < -0.3 is 40.5 Å². The number of carbonyl (C=O) groups excluding carboxylic acids is 5. The number of aryl methyl sites for hydroxylation is 1. The minimum Gasteiger partial charge on any atom is -0.478 e. The molecule has 28 heteroatoms. The van der Waals surface area contributed by atoms with Crippen molar-refractivity contribution < 1.29 is 65.9 Å². The highest BCUT2D eigenvalue weighted by molar-refractivity contribution is 7.84. The molecular weight excluding hydrogens is 889 g/mol. The van der Waals surface area contributed by atoms with Crippen LogP contribution in [0.2, 0.25) is 0 Å². The van der Waals surface area contributed by atoms with Crippen LogP contribution in [0.3, 0.4) is 0 Å². The van der Waals surface area contributed by atoms with Crippen molar-refractivity contribution in [2.24, 2.45) is 10.1 Å². The van der Waals surface area contributed by atoms with Crippen LogP contribution >= 0.6 is 11.3 Å². The number of nitrogens with two attached hydrogens (primary N) is 1. The Hall–Kier alpha value is -6.16. The van der Waals surface area contributed by atoms with Crippen LogP contribution in [-0.4, -0.2) is 143 Å². The number of aliphatic carboxylic acids is 1. The maximum Gasteiger partial charge on any atom is 0.417 e. The number of carboxylic acids is 1. The summed E-state index contributed by atoms with van der Waals surface area (Å²) in [5.74, 6) is -4.01. The predicted molar refractivity (Wildman–Crippen MR) is 225 cm³/mol. The van der Waals surface area contributed by atoms with Crippen LogP contribution in [0.25, 0.3) is 0 Å². The van der Waals surface area contributed by atoms with Gasteiger partial charge in [0.2, 0.25) is 11.6 Å². The lowest BCUT2D eigenvalue weighted by Crippen LogP contribution is -2.73. The Labute approximate surface area is 372 Å². The van der Waals surface area contributed by atoms with Crippen LogP contribution in [0.5, 0.6) is 0 Å². The van der Waals surface area contributed by atoms with Gasteiger partial charge in [-0.15, -0.1) is 11.3 Å². The molecule has 2 fully saturated rings. The van der Waals surface area contributed by atoms with Crippen LogP contribution in [0.4, 0.5) is 19.5 Å². The number of nitrogens with one attached hydrogen (secondary N) is 3. The van der Waals surface area contributed by atoms with E-state index in [-0.39, 0.29) is 71.4 Å². The summed E-state index contributed by atoms with van der Waals surface area (Å²) in [7, 11) is -5.19. The molecule has 1 aliphatic carbocycles. The number of anilines is 1. The van der Waals surface area contributed by atoms with Gasteiger partial charge in [-0.2, -0.15) is 23.4 Å². The van der Waals surface area contributed by atoms with Gasteiger partial charge in [0.15, 0.2) is 10.8 Å². The number of rotatable bonds is 15. The number of carbonyl (C=O) groups is 6. The third-order valence-corrected chi connectivity index (χ3v) is 10.1. The van der Waals surface area contributed by atoms with E-state index in [4.69, 9.17) is 24.8 Å². The lowest BCUT2D eigenvalue weighted by Gasteiger charge is -2.43. The molecule has 2 aromatic heterocycles. The number of ether oxygens (including phenoxy) is 3. The highest BCUT2D eigenvalue weighted by Gasteiger charge is 2.56. The zero-order valence-corrected chi connectivity index (χ0v) is 38.6. The summed E-state index contributed by atoms with van der Waals surface area (Å²) in [6.45, 7) is 15.4. The van der Waals surface area contributed by atoms with Gasteiger partial charge in [0, 0.05) is 31.3 Å². The van der Waals surface area contributed by atoms with E-state index >= 15 is 0 Å². The molecule has 0 spiro atoms. The van der Waals surface area contributed by atoms with Gasteiger partial charge in [0.1, 0.15) is 40.3 Å². The molecule has 2 aromatic rings. The summed E-state index contributed by atoms with van der Waals surface area (Å²) >= 11 is 0.923. The molecule has 1 saturated heterocycles. The average molecular weight is 943 g/mol. The summed E-state index contributed by atoms with van der Waals surface area (Å²) in [6.07, 6.45) is -2.24. The highest BCUT2D eigenvalue weighted by atomic mass is 32.2. The Morgan fingerprint density at radius 1 is 1.00 bits per heavy atom. The number of carboxylic acid groups (broad SMARTS) is 1. The molecule has 64 heavy (non-hydrogen) atoms. The van der Waals surface area contributed by atoms with E-state index in [2.05, 4.69) is 41.3 Å². The summed E-state index contributed by atoms with van der Waals surface area (Å²) in [5.41, 5.74) is 0.993. The van der Waals surface area contributed by atoms with Gasteiger partial charge >= 0.3 is 34.6 Å². The fourth-order valence-electron chi connectivity index (χ4n) is 5.48. The second-order valence-electron chi connectivity index (χ2n) is 17.5. The molecule has 2 aliphatic rings. The molecular formula is C36H54N12O14S2. The number of aliphatic imine (C=N–C) groups is 1. The van der Waals surface area contributed by atoms with Gasteiger partial charge in [-0.3, -0.25) is 19.5 Å². The number of β-lactam (4-membered cyclic amide) rings is 1. The molecule has 5 amide bonds. The maximum atomic E-state index is 13.6. The second-order valence-corrected chi connectivity index (χ2v) is 19.7. The Bertz CT molecular complexity index is 2290. The van der Waals surface area contributed by atoms with Crippen LogP contribution < -0.4 is 21.7 Å². The van der Waals surface area contributed by atoms with E-state index in [1.54, 1.807) is 62.3 Å². The van der Waals surface area contributed by atoms with E-state index in [0.29, 0.717) is 0 Å². The number of hydrogen-bond donors (Lipinski definition) is 6. The number of alkyl carbamates (subject to hydrolysis) is 2. The van der Waals surface area contributed by atoms with Gasteiger partial charge in [-0.25, -0.2) is 38.4 Å². The number of hydrogen-bond acceptors (Lipinski definition) is 19. The summed E-state index contributed by atoms with van der Waals surface area (Å²) in [4.78, 5) is 93.0. The number of thiazole rings is 1. The molecule has 0 aromatic carbocycles. The minimum absolute atomic E-state index is 0.0168. The monoisotopic (exact) mass is 942 g/mol. The van der Waals surface area contributed by atoms with E-state index in [0.717, 1.165) is 21.0 Å². The van der Waals surface area contributed by atoms with Gasteiger partial charge in [-0.05, 0) is 75.7 Å². The first-order chi connectivity index (χ1) is 29.4. The molecule has 0 radical (unpaired) electrons. The molecule has 26 nitrogen and oxygen atoms in total. The lowest BCUT2D eigenvalue weighted by molar-refractivity contribution is -0.153. The molecule has 7 N–H and O–H groups in total. The molecule has 0 bridgehead atoms. The van der Waals surface area contributed by atoms with Gasteiger partial charge in [0.05, 0.1) is 18.8 Å². The quantitative estimate of drug-likeness (QED) is 0.0281. The lowest BCUT2D eigenvalue weighted by atomic mass is 9.98. The first-order valence-electron chi connectivity index (χ1n) is 19.6. The summed E-state index contributed by atoms with van der Waals surface area (Å²) in [5, 5.41) is 30.7. The number of oxime groups is 1. The third-order valence-electron chi connectivity index (χ3n) is 8.45. The van der Waals surface area contributed by atoms with Crippen LogP contribution in [0.15, 0.2) is 15.5 Å². The SMILES string of the molecule is Cc1nn(C[C@@H]2[C@H](NC(=O)/C(=N\OC3(C(=O)O)CC3)c3csc(N)n3)C(=O)N2S(=O)(=O)O)nc1CN=C(NC(=O)OC(C)(C)C)N(CCCNC(=O)OC(C)(C)C)C(=O)OC(C)(C)C. The zero-order chi connectivity index (χ0) is 48.2. The Morgan fingerprint density at radius 2 is 1.61 bits per heavy atom. The topological polar surface area (TPSA) is 351 Å². The molecule has 0 unspecified atom stereocenters. The van der Waals surface area contributed by atoms with E-state index in [1.165, 1.54) is 12.3 Å². The Balaban J connectivity index is 1.62. The Kier molecular flexibility index (Phi) is 15.2. The van der Waals surface area contributed by atoms with Crippen molar-refractivity contribution in [3.63, 3.8) is 0 Å². The van der Waals surface area contributed by atoms with Crippen LogP contribution in [0, 0.1) is 6.92 Å². The largest absolute Gasteiger partial charge is 0.478 e. The zero-order valence-electron chi connectivity index (χ0n) is 36.9. The maximum absolute atomic E-state index is 13.6. The molecule has 1 saturated carbocycles. The smallest absolute Gasteiger partial charge is 0.417 e. The summed E-state index contributed by atoms with van der Waals surface area (Å²) in [6, 6.07) is -3.15. The second kappa shape index (κ2) is 19.3. The van der Waals surface area contributed by atoms with Gasteiger partial charge in [0.25, 0.3) is 11.8 Å². The number of nitrogens with zero attached hydrogens (tertiary/aromatic N) is 8. The fourth-order valence-corrected chi connectivity index (χ4v) is 6.90. The normalized spacial score (nSPS) is 17.7. The van der Waals surface area contributed by atoms with E-state index in [9.17, 15) is 46.8 Å². The number of amides is 5. The Morgan fingerprint density at radius 3 is 2.14 bits per heavy atom. The van der Waals surface area contributed by atoms with Gasteiger partial charge in [-0.1, -0.05) is 5.16 Å². The average Bonchev–Trinajstić information content (AvgIpc) is 3.67. The number of guanidine groups is 1. The first-order valence-corrected chi connectivity index (χ1v) is 21.9. The van der Waals surface area contributed by atoms with E-state index < -0.39 is 93.1 Å². The van der Waals surface area contributed by atoms with E-state index in [1.807, 2.05) is 0 Å². The number of aromatic nitrogens is 4. The third kappa shape index (κ3) is 14.2. The van der Waals surface area contributed by atoms with Crippen molar-refractivity contribution in [1.29, 1.82) is 0 Å². The van der Waals surface area contributed by atoms with Crippen LogP contribution in [-0.2, 0) is 56.8 Å². The minimum atomic E-state index is -5.19. The van der Waals surface area contributed by atoms with Crippen molar-refractivity contribution in [3.8, 4) is 0 Å². The molecule has 3 heterocycles. The van der Waals surface area contributed by atoms with Crippen molar-refractivity contribution in [3.05, 3.63) is 22.5 Å². The van der Waals surface area contributed by atoms with Crippen molar-refractivity contribution >= 4 is 74.5 Å².